The number of carbonyl (C=O) groups excluding carboxylic acids is 2. The minimum absolute atomic E-state index is 0.0808. The molecule has 4 bridgehead atoms. The number of nitrogens with one attached hydrogen (secondary N) is 3. The van der Waals surface area contributed by atoms with Crippen molar-refractivity contribution in [3.63, 3.8) is 0 Å². The molecule has 3 aliphatic heterocycles. The van der Waals surface area contributed by atoms with Crippen LogP contribution in [0.15, 0.2) is 48.9 Å². The van der Waals surface area contributed by atoms with Crippen molar-refractivity contribution in [2.75, 3.05) is 33.9 Å². The maximum atomic E-state index is 13.1. The molecule has 0 aliphatic carbocycles. The van der Waals surface area contributed by atoms with Gasteiger partial charge in [-0.3, -0.25) is 14.5 Å². The predicted molar refractivity (Wildman–Crippen MR) is 146 cm³/mol. The minimum atomic E-state index is -0.284. The Morgan fingerprint density at radius 1 is 1.05 bits per heavy atom. The van der Waals surface area contributed by atoms with Crippen LogP contribution < -0.4 is 29.6 Å². The molecule has 6 rings (SSSR count). The lowest BCUT2D eigenvalue weighted by molar-refractivity contribution is -0.125. The van der Waals surface area contributed by atoms with E-state index in [9.17, 15) is 9.59 Å². The van der Waals surface area contributed by atoms with Crippen LogP contribution in [0.5, 0.6) is 23.0 Å². The number of H-pyrrole nitrogens is 1. The molecule has 1 fully saturated rings. The van der Waals surface area contributed by atoms with E-state index in [0.29, 0.717) is 61.9 Å². The first-order valence-electron chi connectivity index (χ1n) is 13.4. The van der Waals surface area contributed by atoms with Crippen LogP contribution >= 0.6 is 0 Å². The van der Waals surface area contributed by atoms with Gasteiger partial charge in [0.05, 0.1) is 26.6 Å². The fourth-order valence-electron chi connectivity index (χ4n) is 5.07. The van der Waals surface area contributed by atoms with E-state index in [2.05, 4.69) is 25.5 Å². The second kappa shape index (κ2) is 12.7. The highest BCUT2D eigenvalue weighted by Crippen LogP contribution is 2.30. The monoisotopic (exact) mass is 549 g/mol. The standard InChI is InChI=1S/C29H35N5O6/c1-37-25-7-3-19-4-8-28(35)31-13-20-5-6-22(12-26(20)38-2)40-24-9-10-34(15-21-14-30-18-32-21)16-23(24)33-29(36)17-39-27(25)11-19/h3,5-7,11-12,14,18,23-24H,4,8-10,13,15-17H2,1-2H3,(H,30,32)(H,31,35)(H,33,36)/t23-,24+/m1/s1. The Bertz CT molecular complexity index is 1310. The molecule has 3 aromatic rings. The van der Waals surface area contributed by atoms with Crippen molar-refractivity contribution in [1.29, 1.82) is 0 Å². The minimum Gasteiger partial charge on any atom is -0.496 e. The summed E-state index contributed by atoms with van der Waals surface area (Å²) in [6.45, 7) is 2.22. The zero-order valence-electron chi connectivity index (χ0n) is 22.8. The van der Waals surface area contributed by atoms with E-state index in [0.717, 1.165) is 23.4 Å². The molecule has 1 aromatic heterocycles. The van der Waals surface area contributed by atoms with E-state index in [-0.39, 0.29) is 30.6 Å². The number of benzene rings is 2. The maximum absolute atomic E-state index is 13.1. The Morgan fingerprint density at radius 2 is 1.93 bits per heavy atom. The van der Waals surface area contributed by atoms with Gasteiger partial charge in [0, 0.05) is 56.1 Å². The highest BCUT2D eigenvalue weighted by atomic mass is 16.5. The molecular weight excluding hydrogens is 514 g/mol. The highest BCUT2D eigenvalue weighted by molar-refractivity contribution is 5.78. The third kappa shape index (κ3) is 6.84. The molecule has 0 saturated carbocycles. The quantitative estimate of drug-likeness (QED) is 0.452. The Balaban J connectivity index is 1.40. The average Bonchev–Trinajstić information content (AvgIpc) is 3.48. The maximum Gasteiger partial charge on any atom is 0.258 e. The molecule has 11 heteroatoms. The van der Waals surface area contributed by atoms with Crippen LogP contribution in [0.25, 0.3) is 0 Å². The molecule has 3 N–H and O–H groups in total. The number of aromatic nitrogens is 2. The van der Waals surface area contributed by atoms with Crippen molar-refractivity contribution in [3.8, 4) is 23.0 Å². The molecule has 2 atom stereocenters. The number of hydrogen-bond donors (Lipinski definition) is 3. The topological polar surface area (TPSA) is 127 Å². The molecule has 1 saturated heterocycles. The lowest BCUT2D eigenvalue weighted by atomic mass is 10.0. The molecule has 212 valence electrons. The smallest absolute Gasteiger partial charge is 0.258 e. The van der Waals surface area contributed by atoms with E-state index >= 15 is 0 Å². The van der Waals surface area contributed by atoms with Gasteiger partial charge in [-0.2, -0.15) is 0 Å². The number of imidazole rings is 1. The number of rotatable bonds is 4. The summed E-state index contributed by atoms with van der Waals surface area (Å²) in [5.74, 6) is 1.88. The fraction of sp³-hybridized carbons (Fsp3) is 0.414. The number of methoxy groups -OCH3 is 2. The van der Waals surface area contributed by atoms with Gasteiger partial charge in [0.25, 0.3) is 5.91 Å². The Kier molecular flexibility index (Phi) is 8.70. The van der Waals surface area contributed by atoms with Gasteiger partial charge < -0.3 is 34.6 Å². The van der Waals surface area contributed by atoms with Gasteiger partial charge in [0.2, 0.25) is 5.91 Å². The van der Waals surface area contributed by atoms with E-state index in [1.807, 2.05) is 30.3 Å². The van der Waals surface area contributed by atoms with Crippen LogP contribution in [-0.4, -0.2) is 72.7 Å². The van der Waals surface area contributed by atoms with Crippen molar-refractivity contribution in [2.24, 2.45) is 0 Å². The third-order valence-electron chi connectivity index (χ3n) is 7.18. The van der Waals surface area contributed by atoms with Crippen LogP contribution in [0.1, 0.15) is 29.7 Å². The number of ether oxygens (including phenoxy) is 4. The summed E-state index contributed by atoms with van der Waals surface area (Å²) in [5.41, 5.74) is 2.76. The lowest BCUT2D eigenvalue weighted by Gasteiger charge is -2.38. The number of nitrogens with zero attached hydrogens (tertiary/aromatic N) is 2. The van der Waals surface area contributed by atoms with Crippen LogP contribution in [0.4, 0.5) is 0 Å². The molecular formula is C29H35N5O6. The van der Waals surface area contributed by atoms with Crippen LogP contribution in [0, 0.1) is 0 Å². The second-order valence-corrected chi connectivity index (χ2v) is 9.96. The van der Waals surface area contributed by atoms with Crippen molar-refractivity contribution < 1.29 is 28.5 Å². The second-order valence-electron chi connectivity index (χ2n) is 9.96. The number of piperidine rings is 1. The normalized spacial score (nSPS) is 20.4. The zero-order chi connectivity index (χ0) is 27.9. The molecule has 3 aliphatic rings. The number of hydrogen-bond acceptors (Lipinski definition) is 8. The van der Waals surface area contributed by atoms with Crippen molar-refractivity contribution in [2.45, 2.75) is 44.5 Å². The molecule has 4 heterocycles. The molecule has 0 radical (unpaired) electrons. The van der Waals surface area contributed by atoms with E-state index in [1.54, 1.807) is 32.8 Å². The summed E-state index contributed by atoms with van der Waals surface area (Å²) >= 11 is 0. The summed E-state index contributed by atoms with van der Waals surface area (Å²) in [7, 11) is 3.15. The molecule has 2 aromatic carbocycles. The summed E-state index contributed by atoms with van der Waals surface area (Å²) in [6, 6.07) is 10.8. The van der Waals surface area contributed by atoms with Gasteiger partial charge in [0.1, 0.15) is 17.6 Å². The van der Waals surface area contributed by atoms with Gasteiger partial charge in [-0.05, 0) is 42.7 Å². The molecule has 0 spiro atoms. The number of aryl methyl sites for hydroxylation is 1. The van der Waals surface area contributed by atoms with Crippen LogP contribution in [0.3, 0.4) is 0 Å². The zero-order valence-corrected chi connectivity index (χ0v) is 22.8. The third-order valence-corrected chi connectivity index (χ3v) is 7.18. The SMILES string of the molecule is COc1cc2ccc1CNC(=O)CCc1ccc(OC)c(c1)OCC(=O)N[C@@H]1CN(Cc3cnc[nH]3)CC[C@@H]1O2. The fourth-order valence-corrected chi connectivity index (χ4v) is 5.07. The van der Waals surface area contributed by atoms with E-state index < -0.39 is 0 Å². The first kappa shape index (κ1) is 27.3. The first-order valence-corrected chi connectivity index (χ1v) is 13.4. The number of carbonyl (C=O) groups is 2. The largest absolute Gasteiger partial charge is 0.496 e. The first-order chi connectivity index (χ1) is 19.5. The van der Waals surface area contributed by atoms with Gasteiger partial charge in [0.15, 0.2) is 18.1 Å². The summed E-state index contributed by atoms with van der Waals surface area (Å²) in [5, 5.41) is 6.10. The Labute approximate surface area is 233 Å². The van der Waals surface area contributed by atoms with Crippen LogP contribution in [-0.2, 0) is 29.1 Å². The van der Waals surface area contributed by atoms with Crippen molar-refractivity contribution >= 4 is 11.8 Å². The average molecular weight is 550 g/mol. The number of likely N-dealkylation sites (tertiary alicyclic amines) is 1. The summed E-state index contributed by atoms with van der Waals surface area (Å²) < 4.78 is 23.3. The summed E-state index contributed by atoms with van der Waals surface area (Å²) in [6.07, 6.45) is 4.72. The number of fused-ring (bicyclic) bond motifs is 9. The van der Waals surface area contributed by atoms with Crippen molar-refractivity contribution in [1.82, 2.24) is 25.5 Å². The molecule has 2 amide bonds. The van der Waals surface area contributed by atoms with Gasteiger partial charge in [-0.25, -0.2) is 4.98 Å². The Morgan fingerprint density at radius 3 is 2.73 bits per heavy atom. The molecule has 0 unspecified atom stereocenters. The predicted octanol–water partition coefficient (Wildman–Crippen LogP) is 2.21. The van der Waals surface area contributed by atoms with Gasteiger partial charge in [-0.1, -0.05) is 6.07 Å². The van der Waals surface area contributed by atoms with Gasteiger partial charge in [-0.15, -0.1) is 0 Å². The molecule has 40 heavy (non-hydrogen) atoms. The number of amides is 2. The Hall–Kier alpha value is -4.25. The summed E-state index contributed by atoms with van der Waals surface area (Å²) in [4.78, 5) is 35.2. The van der Waals surface area contributed by atoms with Gasteiger partial charge >= 0.3 is 0 Å². The van der Waals surface area contributed by atoms with E-state index in [4.69, 9.17) is 18.9 Å². The molecule has 11 nitrogen and oxygen atoms in total. The highest BCUT2D eigenvalue weighted by Gasteiger charge is 2.32. The van der Waals surface area contributed by atoms with Crippen LogP contribution in [0.2, 0.25) is 0 Å². The number of aromatic amines is 1. The van der Waals surface area contributed by atoms with Crippen molar-refractivity contribution in [3.05, 3.63) is 65.7 Å². The lowest BCUT2D eigenvalue weighted by Crippen LogP contribution is -2.57. The van der Waals surface area contributed by atoms with E-state index in [1.165, 1.54) is 0 Å².